The first-order valence-electron chi connectivity index (χ1n) is 6.46. The minimum atomic E-state index is -0.526. The van der Waals surface area contributed by atoms with Crippen molar-refractivity contribution in [2.24, 2.45) is 0 Å². The molecular weight excluding hydrogens is 228 g/mol. The molecule has 0 heterocycles. The lowest BCUT2D eigenvalue weighted by Crippen LogP contribution is -2.15. The molecule has 3 heteroatoms. The Hall–Kier alpha value is -1.35. The number of rotatable bonds is 7. The Morgan fingerprint density at radius 3 is 2.61 bits per heavy atom. The van der Waals surface area contributed by atoms with E-state index in [1.54, 1.807) is 6.92 Å². The minimum Gasteiger partial charge on any atom is -0.493 e. The van der Waals surface area contributed by atoms with Crippen molar-refractivity contribution in [2.45, 2.75) is 40.2 Å². The van der Waals surface area contributed by atoms with Gasteiger partial charge in [0.15, 0.2) is 5.78 Å². The summed E-state index contributed by atoms with van der Waals surface area (Å²) in [4.78, 5) is 11.7. The Bertz CT molecular complexity index is 399. The van der Waals surface area contributed by atoms with Crippen LogP contribution in [0.1, 0.15) is 44.4 Å². The van der Waals surface area contributed by atoms with E-state index in [1.165, 1.54) is 0 Å². The molecule has 3 nitrogen and oxygen atoms in total. The van der Waals surface area contributed by atoms with E-state index in [2.05, 4.69) is 6.92 Å². The molecule has 0 aromatic heterocycles. The van der Waals surface area contributed by atoms with E-state index in [4.69, 9.17) is 9.47 Å². The van der Waals surface area contributed by atoms with Crippen LogP contribution in [0.3, 0.4) is 0 Å². The van der Waals surface area contributed by atoms with Crippen molar-refractivity contribution >= 4 is 5.78 Å². The molecule has 100 valence electrons. The Morgan fingerprint density at radius 2 is 2.06 bits per heavy atom. The average Bonchev–Trinajstić information content (AvgIpc) is 2.34. The van der Waals surface area contributed by atoms with E-state index in [0.29, 0.717) is 13.2 Å². The predicted octanol–water partition coefficient (Wildman–Crippen LogP) is 3.45. The number of ether oxygens (including phenoxy) is 2. The molecule has 1 rings (SSSR count). The lowest BCUT2D eigenvalue weighted by atomic mass is 10.0. The van der Waals surface area contributed by atoms with E-state index in [9.17, 15) is 4.79 Å². The molecule has 1 atom stereocenters. The van der Waals surface area contributed by atoms with Crippen molar-refractivity contribution in [3.63, 3.8) is 0 Å². The Balaban J connectivity index is 3.11. The summed E-state index contributed by atoms with van der Waals surface area (Å²) in [6.45, 7) is 8.63. The maximum atomic E-state index is 11.7. The largest absolute Gasteiger partial charge is 0.493 e. The van der Waals surface area contributed by atoms with Gasteiger partial charge in [-0.2, -0.15) is 0 Å². The van der Waals surface area contributed by atoms with Crippen molar-refractivity contribution in [1.29, 1.82) is 0 Å². The molecule has 0 N–H and O–H groups in total. The Morgan fingerprint density at radius 1 is 1.33 bits per heavy atom. The number of aryl methyl sites for hydroxylation is 1. The first-order valence-corrected chi connectivity index (χ1v) is 6.46. The summed E-state index contributed by atoms with van der Waals surface area (Å²) < 4.78 is 11.3. The lowest BCUT2D eigenvalue weighted by molar-refractivity contribution is -0.128. The molecule has 0 spiro atoms. The number of para-hydroxylation sites is 1. The van der Waals surface area contributed by atoms with Crippen molar-refractivity contribution in [2.75, 3.05) is 13.2 Å². The van der Waals surface area contributed by atoms with Crippen LogP contribution in [0.2, 0.25) is 0 Å². The fourth-order valence-corrected chi connectivity index (χ4v) is 1.88. The van der Waals surface area contributed by atoms with Crippen LogP contribution in [-0.2, 0) is 9.53 Å². The number of ketones is 1. The molecule has 0 aliphatic carbocycles. The van der Waals surface area contributed by atoms with E-state index < -0.39 is 6.10 Å². The van der Waals surface area contributed by atoms with Gasteiger partial charge < -0.3 is 9.47 Å². The smallest absolute Gasteiger partial charge is 0.163 e. The molecule has 0 saturated heterocycles. The van der Waals surface area contributed by atoms with Crippen LogP contribution in [0.5, 0.6) is 5.75 Å². The molecule has 1 aromatic carbocycles. The van der Waals surface area contributed by atoms with Crippen LogP contribution in [-0.4, -0.2) is 19.0 Å². The van der Waals surface area contributed by atoms with Gasteiger partial charge in [-0.1, -0.05) is 25.1 Å². The standard InChI is InChI=1S/C15H22O3/c1-5-10-18-14-11(3)8-7-9-13(14)15(12(4)16)17-6-2/h7-9,15H,5-6,10H2,1-4H3. The number of Topliss-reactive ketones (excluding diaryl/α,β-unsaturated/α-hetero) is 1. The number of hydrogen-bond acceptors (Lipinski definition) is 3. The van der Waals surface area contributed by atoms with Gasteiger partial charge in [-0.3, -0.25) is 4.79 Å². The zero-order valence-electron chi connectivity index (χ0n) is 11.7. The van der Waals surface area contributed by atoms with Gasteiger partial charge >= 0.3 is 0 Å². The molecule has 1 aromatic rings. The zero-order chi connectivity index (χ0) is 13.5. The average molecular weight is 250 g/mol. The third-order valence-corrected chi connectivity index (χ3v) is 2.68. The summed E-state index contributed by atoms with van der Waals surface area (Å²) in [7, 11) is 0. The van der Waals surface area contributed by atoms with Crippen LogP contribution in [0.25, 0.3) is 0 Å². The first kappa shape index (κ1) is 14.7. The summed E-state index contributed by atoms with van der Waals surface area (Å²) in [5.41, 5.74) is 1.87. The first-order chi connectivity index (χ1) is 8.61. The fourth-order valence-electron chi connectivity index (χ4n) is 1.88. The van der Waals surface area contributed by atoms with Crippen molar-refractivity contribution in [1.82, 2.24) is 0 Å². The number of carbonyl (C=O) groups excluding carboxylic acids is 1. The van der Waals surface area contributed by atoms with Gasteiger partial charge in [-0.05, 0) is 32.8 Å². The second kappa shape index (κ2) is 7.17. The van der Waals surface area contributed by atoms with Gasteiger partial charge in [0, 0.05) is 12.2 Å². The Kier molecular flexibility index (Phi) is 5.86. The molecule has 1 unspecified atom stereocenters. The Labute approximate surface area is 109 Å². The maximum Gasteiger partial charge on any atom is 0.163 e. The highest BCUT2D eigenvalue weighted by atomic mass is 16.5. The van der Waals surface area contributed by atoms with Gasteiger partial charge in [0.25, 0.3) is 0 Å². The summed E-state index contributed by atoms with van der Waals surface area (Å²) in [6, 6.07) is 5.82. The molecule has 0 fully saturated rings. The number of hydrogen-bond donors (Lipinski definition) is 0. The summed E-state index contributed by atoms with van der Waals surface area (Å²) in [5, 5.41) is 0. The summed E-state index contributed by atoms with van der Waals surface area (Å²) in [5.74, 6) is 0.789. The highest BCUT2D eigenvalue weighted by Crippen LogP contribution is 2.31. The topological polar surface area (TPSA) is 35.5 Å². The molecule has 0 bridgehead atoms. The zero-order valence-corrected chi connectivity index (χ0v) is 11.7. The van der Waals surface area contributed by atoms with Crippen molar-refractivity contribution in [3.05, 3.63) is 29.3 Å². The van der Waals surface area contributed by atoms with Crippen LogP contribution < -0.4 is 4.74 Å². The quantitative estimate of drug-likeness (QED) is 0.743. The second-order valence-electron chi connectivity index (χ2n) is 4.29. The van der Waals surface area contributed by atoms with Crippen LogP contribution >= 0.6 is 0 Å². The van der Waals surface area contributed by atoms with Gasteiger partial charge in [-0.25, -0.2) is 0 Å². The van der Waals surface area contributed by atoms with E-state index >= 15 is 0 Å². The molecule has 0 amide bonds. The number of carbonyl (C=O) groups is 1. The third-order valence-electron chi connectivity index (χ3n) is 2.68. The van der Waals surface area contributed by atoms with Crippen LogP contribution in [0, 0.1) is 6.92 Å². The molecule has 18 heavy (non-hydrogen) atoms. The van der Waals surface area contributed by atoms with Crippen molar-refractivity contribution in [3.8, 4) is 5.75 Å². The third kappa shape index (κ3) is 3.57. The number of benzene rings is 1. The lowest BCUT2D eigenvalue weighted by Gasteiger charge is -2.19. The van der Waals surface area contributed by atoms with E-state index in [0.717, 1.165) is 23.3 Å². The highest BCUT2D eigenvalue weighted by Gasteiger charge is 2.22. The van der Waals surface area contributed by atoms with Crippen LogP contribution in [0.15, 0.2) is 18.2 Å². The second-order valence-corrected chi connectivity index (χ2v) is 4.29. The summed E-state index contributed by atoms with van der Waals surface area (Å²) in [6.07, 6.45) is 0.411. The SMILES string of the molecule is CCCOc1c(C)cccc1C(OCC)C(C)=O. The molecular formula is C15H22O3. The van der Waals surface area contributed by atoms with E-state index in [-0.39, 0.29) is 5.78 Å². The van der Waals surface area contributed by atoms with Gasteiger partial charge in [-0.15, -0.1) is 0 Å². The minimum absolute atomic E-state index is 0.00352. The molecule has 0 radical (unpaired) electrons. The molecule has 0 saturated carbocycles. The van der Waals surface area contributed by atoms with Gasteiger partial charge in [0.1, 0.15) is 11.9 Å². The van der Waals surface area contributed by atoms with Gasteiger partial charge in [0.2, 0.25) is 0 Å². The molecule has 0 aliphatic heterocycles. The van der Waals surface area contributed by atoms with Crippen LogP contribution in [0.4, 0.5) is 0 Å². The fraction of sp³-hybridized carbons (Fsp3) is 0.533. The van der Waals surface area contributed by atoms with E-state index in [1.807, 2.05) is 32.0 Å². The molecule has 0 aliphatic rings. The normalized spacial score (nSPS) is 12.2. The highest BCUT2D eigenvalue weighted by molar-refractivity contribution is 5.82. The monoisotopic (exact) mass is 250 g/mol. The maximum absolute atomic E-state index is 11.7. The predicted molar refractivity (Wildman–Crippen MR) is 72.0 cm³/mol. The van der Waals surface area contributed by atoms with Gasteiger partial charge in [0.05, 0.1) is 6.61 Å². The van der Waals surface area contributed by atoms with Crippen molar-refractivity contribution < 1.29 is 14.3 Å². The summed E-state index contributed by atoms with van der Waals surface area (Å²) >= 11 is 0.